The molecule has 1 heterocycles. The molecule has 2 aromatic rings. The van der Waals surface area contributed by atoms with Gasteiger partial charge in [-0.15, -0.1) is 0 Å². The number of anilines is 2. The molecular weight excluding hydrogens is 434 g/mol. The fraction of sp³-hybridized carbons (Fsp3) is 0.318. The summed E-state index contributed by atoms with van der Waals surface area (Å²) in [5.41, 5.74) is 0.0217. The molecule has 0 saturated carbocycles. The maximum atomic E-state index is 12.5. The third-order valence-corrected chi connectivity index (χ3v) is 4.88. The van der Waals surface area contributed by atoms with E-state index in [1.165, 1.54) is 7.11 Å². The van der Waals surface area contributed by atoms with Crippen molar-refractivity contribution in [3.05, 3.63) is 52.1 Å². The monoisotopic (exact) mass is 457 g/mol. The number of benzene rings is 2. The molecule has 1 fully saturated rings. The molecule has 2 amide bonds. The molecule has 0 aromatic heterocycles. The topological polar surface area (TPSA) is 137 Å². The number of hydrogen-bond acceptors (Lipinski definition) is 8. The van der Waals surface area contributed by atoms with E-state index in [-0.39, 0.29) is 29.6 Å². The van der Waals surface area contributed by atoms with E-state index in [9.17, 15) is 24.5 Å². The SMILES string of the molecule is CCOc1cc(C(=O)OCC(=O)Nc2ccccc2N2CCCC2=O)c([N+](=O)[O-])cc1OC. The highest BCUT2D eigenvalue weighted by atomic mass is 16.6. The van der Waals surface area contributed by atoms with Crippen molar-refractivity contribution in [3.8, 4) is 11.5 Å². The van der Waals surface area contributed by atoms with Gasteiger partial charge in [0.1, 0.15) is 5.56 Å². The van der Waals surface area contributed by atoms with Crippen molar-refractivity contribution in [2.75, 3.05) is 37.1 Å². The summed E-state index contributed by atoms with van der Waals surface area (Å²) >= 11 is 0. The Morgan fingerprint density at radius 2 is 1.97 bits per heavy atom. The number of ether oxygens (including phenoxy) is 3. The first-order valence-corrected chi connectivity index (χ1v) is 10.2. The van der Waals surface area contributed by atoms with Gasteiger partial charge in [-0.2, -0.15) is 0 Å². The lowest BCUT2D eigenvalue weighted by atomic mass is 10.1. The maximum absolute atomic E-state index is 12.5. The van der Waals surface area contributed by atoms with Crippen LogP contribution in [0.2, 0.25) is 0 Å². The average molecular weight is 457 g/mol. The van der Waals surface area contributed by atoms with Gasteiger partial charge in [0.2, 0.25) is 5.91 Å². The second-order valence-corrected chi connectivity index (χ2v) is 7.00. The highest BCUT2D eigenvalue weighted by Crippen LogP contribution is 2.35. The predicted molar refractivity (Wildman–Crippen MR) is 118 cm³/mol. The Labute approximate surface area is 189 Å². The van der Waals surface area contributed by atoms with Crippen LogP contribution in [0.1, 0.15) is 30.1 Å². The van der Waals surface area contributed by atoms with Crippen molar-refractivity contribution in [3.63, 3.8) is 0 Å². The van der Waals surface area contributed by atoms with Crippen LogP contribution in [0.5, 0.6) is 11.5 Å². The third kappa shape index (κ3) is 5.37. The Kier molecular flexibility index (Phi) is 7.44. The van der Waals surface area contributed by atoms with Gasteiger partial charge in [0.25, 0.3) is 11.6 Å². The van der Waals surface area contributed by atoms with Crippen molar-refractivity contribution in [1.29, 1.82) is 0 Å². The lowest BCUT2D eigenvalue weighted by molar-refractivity contribution is -0.385. The normalized spacial score (nSPS) is 12.9. The van der Waals surface area contributed by atoms with Crippen LogP contribution in [-0.2, 0) is 14.3 Å². The van der Waals surface area contributed by atoms with Crippen LogP contribution in [0.3, 0.4) is 0 Å². The van der Waals surface area contributed by atoms with Crippen molar-refractivity contribution in [2.24, 2.45) is 0 Å². The van der Waals surface area contributed by atoms with Gasteiger partial charge in [-0.05, 0) is 25.5 Å². The summed E-state index contributed by atoms with van der Waals surface area (Å²) in [5.74, 6) is -1.55. The second kappa shape index (κ2) is 10.4. The molecular formula is C22H23N3O8. The predicted octanol–water partition coefficient (Wildman–Crippen LogP) is 2.92. The number of hydrogen-bond donors (Lipinski definition) is 1. The first-order valence-electron chi connectivity index (χ1n) is 10.2. The maximum Gasteiger partial charge on any atom is 0.345 e. The van der Waals surface area contributed by atoms with E-state index in [0.29, 0.717) is 24.3 Å². The molecule has 0 aliphatic carbocycles. The fourth-order valence-corrected chi connectivity index (χ4v) is 3.40. The van der Waals surface area contributed by atoms with Crippen LogP contribution in [0.15, 0.2) is 36.4 Å². The van der Waals surface area contributed by atoms with Gasteiger partial charge in [-0.3, -0.25) is 19.7 Å². The first kappa shape index (κ1) is 23.5. The Morgan fingerprint density at radius 1 is 1.21 bits per heavy atom. The molecule has 33 heavy (non-hydrogen) atoms. The quantitative estimate of drug-likeness (QED) is 0.345. The smallest absolute Gasteiger partial charge is 0.345 e. The minimum atomic E-state index is -1.07. The number of amides is 2. The zero-order valence-electron chi connectivity index (χ0n) is 18.2. The van der Waals surface area contributed by atoms with Gasteiger partial charge in [0.15, 0.2) is 18.1 Å². The van der Waals surface area contributed by atoms with Crippen molar-refractivity contribution >= 4 is 34.8 Å². The minimum Gasteiger partial charge on any atom is -0.493 e. The zero-order chi connectivity index (χ0) is 24.0. The standard InChI is InChI=1S/C22H23N3O8/c1-3-32-19-11-14(17(25(29)30)12-18(19)31-2)22(28)33-13-20(26)23-15-7-4-5-8-16(15)24-10-6-9-21(24)27/h4-5,7-8,11-12H,3,6,9-10,13H2,1-2H3,(H,23,26). The largest absolute Gasteiger partial charge is 0.493 e. The lowest BCUT2D eigenvalue weighted by Crippen LogP contribution is -2.27. The van der Waals surface area contributed by atoms with Crippen LogP contribution in [0.25, 0.3) is 0 Å². The van der Waals surface area contributed by atoms with Crippen LogP contribution in [0.4, 0.5) is 17.1 Å². The number of nitrogens with one attached hydrogen (secondary N) is 1. The number of nitro benzene ring substituents is 1. The van der Waals surface area contributed by atoms with Crippen molar-refractivity contribution < 1.29 is 33.5 Å². The molecule has 0 spiro atoms. The second-order valence-electron chi connectivity index (χ2n) is 7.00. The van der Waals surface area contributed by atoms with Gasteiger partial charge in [0.05, 0.1) is 36.1 Å². The van der Waals surface area contributed by atoms with Gasteiger partial charge < -0.3 is 24.4 Å². The van der Waals surface area contributed by atoms with Crippen LogP contribution < -0.4 is 19.7 Å². The summed E-state index contributed by atoms with van der Waals surface area (Å²) in [6, 6.07) is 8.99. The highest BCUT2D eigenvalue weighted by Gasteiger charge is 2.27. The molecule has 1 aliphatic rings. The van der Waals surface area contributed by atoms with Crippen molar-refractivity contribution in [2.45, 2.75) is 19.8 Å². The van der Waals surface area contributed by atoms with E-state index < -0.39 is 29.1 Å². The number of nitrogens with zero attached hydrogens (tertiary/aromatic N) is 2. The van der Waals surface area contributed by atoms with E-state index in [1.807, 2.05) is 0 Å². The third-order valence-electron chi connectivity index (χ3n) is 4.88. The highest BCUT2D eigenvalue weighted by molar-refractivity contribution is 6.03. The van der Waals surface area contributed by atoms with Gasteiger partial charge in [0, 0.05) is 19.0 Å². The summed E-state index contributed by atoms with van der Waals surface area (Å²) in [6.45, 7) is 1.80. The molecule has 11 heteroatoms. The fourth-order valence-electron chi connectivity index (χ4n) is 3.40. The first-order chi connectivity index (χ1) is 15.8. The molecule has 0 unspecified atom stereocenters. The van der Waals surface area contributed by atoms with E-state index in [0.717, 1.165) is 18.6 Å². The lowest BCUT2D eigenvalue weighted by Gasteiger charge is -2.20. The molecule has 174 valence electrons. The molecule has 1 saturated heterocycles. The summed E-state index contributed by atoms with van der Waals surface area (Å²) in [6.07, 6.45) is 1.16. The Bertz CT molecular complexity index is 1090. The molecule has 1 N–H and O–H groups in total. The molecule has 0 bridgehead atoms. The molecule has 11 nitrogen and oxygen atoms in total. The number of carbonyl (C=O) groups is 3. The average Bonchev–Trinajstić information content (AvgIpc) is 3.23. The number of esters is 1. The van der Waals surface area contributed by atoms with Crippen LogP contribution in [-0.4, -0.2) is 49.6 Å². The van der Waals surface area contributed by atoms with E-state index in [2.05, 4.69) is 5.32 Å². The minimum absolute atomic E-state index is 0.0416. The molecule has 1 aliphatic heterocycles. The Hall–Kier alpha value is -4.15. The Morgan fingerprint density at radius 3 is 2.61 bits per heavy atom. The molecule has 3 rings (SSSR count). The zero-order valence-corrected chi connectivity index (χ0v) is 18.2. The van der Waals surface area contributed by atoms with E-state index in [4.69, 9.17) is 14.2 Å². The number of methoxy groups -OCH3 is 1. The van der Waals surface area contributed by atoms with Crippen molar-refractivity contribution in [1.82, 2.24) is 0 Å². The van der Waals surface area contributed by atoms with Crippen LogP contribution in [0, 0.1) is 10.1 Å². The summed E-state index contributed by atoms with van der Waals surface area (Å²) in [7, 11) is 1.32. The molecule has 0 atom stereocenters. The number of para-hydroxylation sites is 2. The van der Waals surface area contributed by atoms with E-state index in [1.54, 1.807) is 36.1 Å². The molecule has 0 radical (unpaired) electrons. The van der Waals surface area contributed by atoms with Crippen LogP contribution >= 0.6 is 0 Å². The number of carbonyl (C=O) groups excluding carboxylic acids is 3. The van der Waals surface area contributed by atoms with Gasteiger partial charge in [-0.25, -0.2) is 4.79 Å². The summed E-state index contributed by atoms with van der Waals surface area (Å²) in [5, 5.41) is 14.0. The Balaban J connectivity index is 1.73. The molecule has 2 aromatic carbocycles. The summed E-state index contributed by atoms with van der Waals surface area (Å²) < 4.78 is 15.5. The number of nitro groups is 1. The summed E-state index contributed by atoms with van der Waals surface area (Å²) in [4.78, 5) is 49.3. The number of rotatable bonds is 9. The van der Waals surface area contributed by atoms with Gasteiger partial charge >= 0.3 is 5.97 Å². The van der Waals surface area contributed by atoms with Gasteiger partial charge in [-0.1, -0.05) is 12.1 Å². The van der Waals surface area contributed by atoms with E-state index >= 15 is 0 Å².